The number of carbonyl (C=O) groups is 2. The maximum Gasteiger partial charge on any atom is 0.247 e. The van der Waals surface area contributed by atoms with Gasteiger partial charge in [0.15, 0.2) is 0 Å². The van der Waals surface area contributed by atoms with E-state index in [0.717, 1.165) is 16.9 Å². The number of fused-ring (bicyclic) bond motifs is 3. The number of aliphatic hydroxyl groups excluding tert-OH is 2. The Morgan fingerprint density at radius 3 is 2.71 bits per heavy atom. The summed E-state index contributed by atoms with van der Waals surface area (Å²) in [6.45, 7) is 1.05. The lowest BCUT2D eigenvalue weighted by Crippen LogP contribution is -2.57. The van der Waals surface area contributed by atoms with E-state index in [0.29, 0.717) is 43.9 Å². The van der Waals surface area contributed by atoms with E-state index in [-0.39, 0.29) is 30.9 Å². The minimum atomic E-state index is -1.06. The maximum absolute atomic E-state index is 13.8. The van der Waals surface area contributed by atoms with Gasteiger partial charge in [-0.3, -0.25) is 9.59 Å². The predicted molar refractivity (Wildman–Crippen MR) is 139 cm³/mol. The van der Waals surface area contributed by atoms with Crippen LogP contribution in [0.2, 0.25) is 0 Å². The van der Waals surface area contributed by atoms with Crippen molar-refractivity contribution >= 4 is 11.8 Å². The quantitative estimate of drug-likeness (QED) is 0.456. The molecule has 5 rings (SSSR count). The Morgan fingerprint density at radius 2 is 1.95 bits per heavy atom. The average molecular weight is 523 g/mol. The van der Waals surface area contributed by atoms with E-state index in [2.05, 4.69) is 5.32 Å². The standard InChI is InChI=1S/C29H34N2O7/c1-36-23-8-4-2-6-18(23)10-13-31(29(35)19-11-15-37-17-19)22-16-21(28(34)30-12-14-32)25-20-7-3-5-9-24(20)38-27(25)26(22)33/h2-9,16,19,22,25-27,32-33H,10-15,17H2,1H3,(H,30,34)/t19?,22-,25+,26+,27+/m1/s1. The number of hydrogen-bond donors (Lipinski definition) is 3. The number of rotatable bonds is 9. The molecule has 2 aromatic carbocycles. The first kappa shape index (κ1) is 26.2. The molecule has 2 amide bonds. The first-order valence-corrected chi connectivity index (χ1v) is 13.1. The van der Waals surface area contributed by atoms with Crippen LogP contribution in [0, 0.1) is 5.92 Å². The van der Waals surface area contributed by atoms with E-state index in [9.17, 15) is 19.8 Å². The van der Waals surface area contributed by atoms with Gasteiger partial charge >= 0.3 is 0 Å². The van der Waals surface area contributed by atoms with Crippen LogP contribution in [0.5, 0.6) is 11.5 Å². The number of benzene rings is 2. The molecule has 1 saturated heterocycles. The number of carbonyl (C=O) groups excluding carboxylic acids is 2. The summed E-state index contributed by atoms with van der Waals surface area (Å²) >= 11 is 0. The molecule has 0 bridgehead atoms. The molecule has 9 heteroatoms. The molecule has 202 valence electrons. The minimum Gasteiger partial charge on any atom is -0.496 e. The zero-order chi connectivity index (χ0) is 26.6. The van der Waals surface area contributed by atoms with Gasteiger partial charge < -0.3 is 34.6 Å². The van der Waals surface area contributed by atoms with Gasteiger partial charge in [0.05, 0.1) is 38.2 Å². The van der Waals surface area contributed by atoms with Crippen LogP contribution in [0.3, 0.4) is 0 Å². The number of methoxy groups -OCH3 is 1. The van der Waals surface area contributed by atoms with Gasteiger partial charge in [-0.25, -0.2) is 0 Å². The van der Waals surface area contributed by atoms with Crippen LogP contribution >= 0.6 is 0 Å². The van der Waals surface area contributed by atoms with Crippen molar-refractivity contribution in [2.24, 2.45) is 5.92 Å². The molecule has 0 aromatic heterocycles. The molecule has 3 N–H and O–H groups in total. The van der Waals surface area contributed by atoms with Crippen molar-refractivity contribution in [1.82, 2.24) is 10.2 Å². The van der Waals surface area contributed by atoms with Crippen molar-refractivity contribution in [2.75, 3.05) is 40.0 Å². The number of nitrogens with zero attached hydrogens (tertiary/aromatic N) is 1. The van der Waals surface area contributed by atoms with E-state index in [1.807, 2.05) is 48.5 Å². The van der Waals surface area contributed by atoms with E-state index in [4.69, 9.17) is 14.2 Å². The van der Waals surface area contributed by atoms with Gasteiger partial charge in [0, 0.05) is 30.8 Å². The number of ether oxygens (including phenoxy) is 3. The zero-order valence-corrected chi connectivity index (χ0v) is 21.4. The first-order valence-electron chi connectivity index (χ1n) is 13.1. The lowest BCUT2D eigenvalue weighted by atomic mass is 9.77. The summed E-state index contributed by atoms with van der Waals surface area (Å²) in [5, 5.41) is 23.7. The van der Waals surface area contributed by atoms with E-state index in [1.165, 1.54) is 0 Å². The Labute approximate surface area is 222 Å². The third kappa shape index (κ3) is 5.01. The third-order valence-corrected chi connectivity index (χ3v) is 7.61. The molecule has 3 aliphatic rings. The number of para-hydroxylation sites is 2. The molecular weight excluding hydrogens is 488 g/mol. The van der Waals surface area contributed by atoms with E-state index in [1.54, 1.807) is 18.1 Å². The van der Waals surface area contributed by atoms with Crippen molar-refractivity contribution in [2.45, 2.75) is 37.0 Å². The second-order valence-corrected chi connectivity index (χ2v) is 9.83. The summed E-state index contributed by atoms with van der Waals surface area (Å²) in [6, 6.07) is 14.3. The average Bonchev–Trinajstić information content (AvgIpc) is 3.62. The molecule has 2 heterocycles. The fourth-order valence-electron chi connectivity index (χ4n) is 5.71. The smallest absolute Gasteiger partial charge is 0.247 e. The molecule has 1 aliphatic carbocycles. The topological polar surface area (TPSA) is 118 Å². The normalized spacial score (nSPS) is 25.6. The van der Waals surface area contributed by atoms with Crippen LogP contribution in [0.15, 0.2) is 60.2 Å². The minimum absolute atomic E-state index is 0.0964. The van der Waals surface area contributed by atoms with Crippen LogP contribution in [0.4, 0.5) is 0 Å². The predicted octanol–water partition coefficient (Wildman–Crippen LogP) is 1.43. The fourth-order valence-corrected chi connectivity index (χ4v) is 5.71. The van der Waals surface area contributed by atoms with Crippen molar-refractivity contribution in [3.8, 4) is 11.5 Å². The second-order valence-electron chi connectivity index (χ2n) is 9.83. The molecule has 2 aromatic rings. The molecule has 1 unspecified atom stereocenters. The SMILES string of the molecule is COc1ccccc1CCN(C(=O)C1CCOC1)[C@@H]1C=C(C(=O)NCCO)[C@@H]2c3ccccc3O[C@@H]2[C@H]1O. The van der Waals surface area contributed by atoms with Gasteiger partial charge in [-0.15, -0.1) is 0 Å². The van der Waals surface area contributed by atoms with Crippen LogP contribution in [0.1, 0.15) is 23.5 Å². The lowest BCUT2D eigenvalue weighted by molar-refractivity contribution is -0.141. The van der Waals surface area contributed by atoms with Crippen molar-refractivity contribution in [3.05, 3.63) is 71.3 Å². The zero-order valence-electron chi connectivity index (χ0n) is 21.4. The summed E-state index contributed by atoms with van der Waals surface area (Å²) in [5.74, 6) is 0.0486. The molecule has 2 aliphatic heterocycles. The first-order chi connectivity index (χ1) is 18.5. The Morgan fingerprint density at radius 1 is 1.16 bits per heavy atom. The molecule has 5 atom stereocenters. The summed E-state index contributed by atoms with van der Waals surface area (Å²) in [5.41, 5.74) is 2.17. The Bertz CT molecular complexity index is 1190. The summed E-state index contributed by atoms with van der Waals surface area (Å²) in [6.07, 6.45) is 1.01. The molecule has 1 fully saturated rings. The monoisotopic (exact) mass is 522 g/mol. The molecule has 38 heavy (non-hydrogen) atoms. The highest BCUT2D eigenvalue weighted by atomic mass is 16.5. The van der Waals surface area contributed by atoms with Gasteiger partial charge in [0.2, 0.25) is 11.8 Å². The van der Waals surface area contributed by atoms with Crippen LogP contribution in [0.25, 0.3) is 0 Å². The molecule has 9 nitrogen and oxygen atoms in total. The summed E-state index contributed by atoms with van der Waals surface area (Å²) < 4.78 is 17.2. The summed E-state index contributed by atoms with van der Waals surface area (Å²) in [4.78, 5) is 28.8. The lowest BCUT2D eigenvalue weighted by Gasteiger charge is -2.41. The largest absolute Gasteiger partial charge is 0.496 e. The van der Waals surface area contributed by atoms with Gasteiger partial charge in [-0.2, -0.15) is 0 Å². The summed E-state index contributed by atoms with van der Waals surface area (Å²) in [7, 11) is 1.61. The third-order valence-electron chi connectivity index (χ3n) is 7.61. The number of aliphatic hydroxyl groups is 2. The second kappa shape index (κ2) is 11.6. The highest BCUT2D eigenvalue weighted by Crippen LogP contribution is 2.47. The Hall–Kier alpha value is -3.40. The van der Waals surface area contributed by atoms with Gasteiger partial charge in [-0.05, 0) is 36.6 Å². The molecule has 0 spiro atoms. The molecule has 0 radical (unpaired) electrons. The van der Waals surface area contributed by atoms with Crippen molar-refractivity contribution < 1.29 is 34.0 Å². The molecular formula is C29H34N2O7. The maximum atomic E-state index is 13.8. The Balaban J connectivity index is 1.51. The van der Waals surface area contributed by atoms with Crippen molar-refractivity contribution in [3.63, 3.8) is 0 Å². The van der Waals surface area contributed by atoms with E-state index < -0.39 is 24.2 Å². The van der Waals surface area contributed by atoms with Crippen LogP contribution in [-0.2, 0) is 20.7 Å². The van der Waals surface area contributed by atoms with Crippen LogP contribution < -0.4 is 14.8 Å². The van der Waals surface area contributed by atoms with E-state index >= 15 is 0 Å². The van der Waals surface area contributed by atoms with Gasteiger partial charge in [-0.1, -0.05) is 36.4 Å². The molecule has 0 saturated carbocycles. The number of nitrogens with one attached hydrogen (secondary N) is 1. The van der Waals surface area contributed by atoms with Crippen LogP contribution in [-0.4, -0.2) is 85.2 Å². The number of hydrogen-bond acceptors (Lipinski definition) is 7. The van der Waals surface area contributed by atoms with Gasteiger partial charge in [0.1, 0.15) is 23.7 Å². The highest BCUT2D eigenvalue weighted by Gasteiger charge is 2.50. The number of amides is 2. The van der Waals surface area contributed by atoms with Crippen molar-refractivity contribution in [1.29, 1.82) is 0 Å². The Kier molecular flexibility index (Phi) is 7.97. The highest BCUT2D eigenvalue weighted by molar-refractivity contribution is 5.96. The van der Waals surface area contributed by atoms with Gasteiger partial charge in [0.25, 0.3) is 0 Å². The fraction of sp³-hybridized carbons (Fsp3) is 0.448.